The summed E-state index contributed by atoms with van der Waals surface area (Å²) in [7, 11) is 2.18. The predicted octanol–water partition coefficient (Wildman–Crippen LogP) is 2.27. The lowest BCUT2D eigenvalue weighted by Crippen LogP contribution is -2.51. The first-order valence-electron chi connectivity index (χ1n) is 7.34. The van der Waals surface area contributed by atoms with Crippen LogP contribution in [-0.4, -0.2) is 37.0 Å². The molecule has 0 aromatic rings. The monoisotopic (exact) mass is 252 g/mol. The largest absolute Gasteiger partial charge is 0.352 e. The molecule has 2 rings (SSSR count). The normalized spacial score (nSPS) is 30.2. The van der Waals surface area contributed by atoms with Gasteiger partial charge in [0, 0.05) is 24.5 Å². The summed E-state index contributed by atoms with van der Waals surface area (Å²) >= 11 is 0. The molecule has 0 spiro atoms. The Hall–Kier alpha value is -0.570. The third-order valence-electron chi connectivity index (χ3n) is 4.10. The van der Waals surface area contributed by atoms with Crippen molar-refractivity contribution in [2.24, 2.45) is 17.3 Å². The van der Waals surface area contributed by atoms with E-state index in [-0.39, 0.29) is 11.3 Å². The summed E-state index contributed by atoms with van der Waals surface area (Å²) in [6.45, 7) is 8.16. The number of likely N-dealkylation sites (N-methyl/N-ethyl adjacent to an activating group) is 1. The van der Waals surface area contributed by atoms with E-state index < -0.39 is 0 Å². The number of likely N-dealkylation sites (tertiary alicyclic amines) is 1. The highest BCUT2D eigenvalue weighted by atomic mass is 16.2. The van der Waals surface area contributed by atoms with Crippen LogP contribution in [0.25, 0.3) is 0 Å². The third kappa shape index (κ3) is 3.98. The number of carbonyl (C=O) groups excluding carboxylic acids is 1. The summed E-state index contributed by atoms with van der Waals surface area (Å²) < 4.78 is 0. The van der Waals surface area contributed by atoms with Crippen LogP contribution in [0.15, 0.2) is 0 Å². The molecular formula is C15H28N2O. The minimum Gasteiger partial charge on any atom is -0.352 e. The van der Waals surface area contributed by atoms with Crippen LogP contribution in [0.3, 0.4) is 0 Å². The van der Waals surface area contributed by atoms with Gasteiger partial charge in [0.1, 0.15) is 0 Å². The lowest BCUT2D eigenvalue weighted by atomic mass is 9.88. The van der Waals surface area contributed by atoms with E-state index in [1.54, 1.807) is 0 Å². The Kier molecular flexibility index (Phi) is 4.00. The van der Waals surface area contributed by atoms with Crippen LogP contribution in [-0.2, 0) is 4.79 Å². The van der Waals surface area contributed by atoms with Gasteiger partial charge in [-0.2, -0.15) is 0 Å². The molecule has 2 aliphatic rings. The molecule has 0 bridgehead atoms. The standard InChI is InChI=1S/C15H28N2O/c1-15(2,3)14(18)16-13-8-12(7-11-5-6-11)9-17(4)10-13/h11-13H,5-10H2,1-4H3,(H,16,18). The second-order valence-electron chi connectivity index (χ2n) is 7.42. The summed E-state index contributed by atoms with van der Waals surface area (Å²) in [5.74, 6) is 1.95. The van der Waals surface area contributed by atoms with Gasteiger partial charge in [-0.05, 0) is 31.7 Å². The van der Waals surface area contributed by atoms with Crippen molar-refractivity contribution < 1.29 is 4.79 Å². The zero-order valence-corrected chi connectivity index (χ0v) is 12.3. The first kappa shape index (κ1) is 13.9. The van der Waals surface area contributed by atoms with E-state index >= 15 is 0 Å². The predicted molar refractivity (Wildman–Crippen MR) is 74.3 cm³/mol. The fourth-order valence-corrected chi connectivity index (χ4v) is 2.95. The average Bonchev–Trinajstić information content (AvgIpc) is 2.98. The fourth-order valence-electron chi connectivity index (χ4n) is 2.95. The number of piperidine rings is 1. The van der Waals surface area contributed by atoms with Crippen molar-refractivity contribution in [3.63, 3.8) is 0 Å². The maximum Gasteiger partial charge on any atom is 0.225 e. The second kappa shape index (κ2) is 5.20. The number of carbonyl (C=O) groups is 1. The zero-order valence-electron chi connectivity index (χ0n) is 12.3. The van der Waals surface area contributed by atoms with Crippen LogP contribution in [0.2, 0.25) is 0 Å². The maximum atomic E-state index is 12.1. The van der Waals surface area contributed by atoms with E-state index in [9.17, 15) is 4.79 Å². The van der Waals surface area contributed by atoms with Crippen molar-refractivity contribution in [2.75, 3.05) is 20.1 Å². The molecule has 1 saturated heterocycles. The Morgan fingerprint density at radius 1 is 1.22 bits per heavy atom. The van der Waals surface area contributed by atoms with Gasteiger partial charge in [-0.15, -0.1) is 0 Å². The molecule has 2 unspecified atom stereocenters. The van der Waals surface area contributed by atoms with Gasteiger partial charge in [-0.25, -0.2) is 0 Å². The van der Waals surface area contributed by atoms with Crippen LogP contribution >= 0.6 is 0 Å². The van der Waals surface area contributed by atoms with Gasteiger partial charge in [0.25, 0.3) is 0 Å². The molecule has 2 fully saturated rings. The van der Waals surface area contributed by atoms with Crippen molar-refractivity contribution in [3.8, 4) is 0 Å². The molecule has 0 aromatic carbocycles. The molecule has 2 atom stereocenters. The smallest absolute Gasteiger partial charge is 0.225 e. The lowest BCUT2D eigenvalue weighted by molar-refractivity contribution is -0.129. The van der Waals surface area contributed by atoms with Crippen molar-refractivity contribution in [2.45, 2.75) is 52.5 Å². The zero-order chi connectivity index (χ0) is 13.3. The number of amides is 1. The van der Waals surface area contributed by atoms with Gasteiger partial charge in [0.15, 0.2) is 0 Å². The maximum absolute atomic E-state index is 12.1. The number of nitrogens with zero attached hydrogens (tertiary/aromatic N) is 1. The van der Waals surface area contributed by atoms with Gasteiger partial charge >= 0.3 is 0 Å². The minimum absolute atomic E-state index is 0.188. The molecule has 0 radical (unpaired) electrons. The molecule has 18 heavy (non-hydrogen) atoms. The van der Waals surface area contributed by atoms with Gasteiger partial charge in [-0.1, -0.05) is 33.6 Å². The van der Waals surface area contributed by atoms with E-state index in [1.165, 1.54) is 32.2 Å². The third-order valence-corrected chi connectivity index (χ3v) is 4.10. The van der Waals surface area contributed by atoms with E-state index in [0.717, 1.165) is 18.4 Å². The molecule has 3 nitrogen and oxygen atoms in total. The van der Waals surface area contributed by atoms with Crippen LogP contribution in [0, 0.1) is 17.3 Å². The van der Waals surface area contributed by atoms with Crippen molar-refractivity contribution in [3.05, 3.63) is 0 Å². The fraction of sp³-hybridized carbons (Fsp3) is 0.933. The van der Waals surface area contributed by atoms with Gasteiger partial charge in [0.2, 0.25) is 5.91 Å². The Balaban J connectivity index is 1.85. The van der Waals surface area contributed by atoms with Crippen LogP contribution in [0.4, 0.5) is 0 Å². The highest BCUT2D eigenvalue weighted by Gasteiger charge is 2.33. The highest BCUT2D eigenvalue weighted by molar-refractivity contribution is 5.81. The first-order chi connectivity index (χ1) is 8.34. The quantitative estimate of drug-likeness (QED) is 0.835. The summed E-state index contributed by atoms with van der Waals surface area (Å²) in [6.07, 6.45) is 5.40. The van der Waals surface area contributed by atoms with Crippen molar-refractivity contribution >= 4 is 5.91 Å². The van der Waals surface area contributed by atoms with Crippen LogP contribution < -0.4 is 5.32 Å². The molecule has 1 saturated carbocycles. The van der Waals surface area contributed by atoms with Gasteiger partial charge in [-0.3, -0.25) is 4.79 Å². The molecule has 0 aromatic heterocycles. The molecule has 1 aliphatic carbocycles. The highest BCUT2D eigenvalue weighted by Crippen LogP contribution is 2.37. The topological polar surface area (TPSA) is 32.3 Å². The number of hydrogen-bond acceptors (Lipinski definition) is 2. The summed E-state index contributed by atoms with van der Waals surface area (Å²) in [6, 6.07) is 0.347. The minimum atomic E-state index is -0.276. The summed E-state index contributed by atoms with van der Waals surface area (Å²) in [5, 5.41) is 3.23. The molecule has 104 valence electrons. The molecule has 1 heterocycles. The van der Waals surface area contributed by atoms with Crippen molar-refractivity contribution in [1.82, 2.24) is 10.2 Å². The number of nitrogens with one attached hydrogen (secondary N) is 1. The van der Waals surface area contributed by atoms with Crippen molar-refractivity contribution in [1.29, 1.82) is 0 Å². The van der Waals surface area contributed by atoms with E-state index in [2.05, 4.69) is 17.3 Å². The molecule has 1 N–H and O–H groups in total. The van der Waals surface area contributed by atoms with E-state index in [1.807, 2.05) is 20.8 Å². The van der Waals surface area contributed by atoms with Crippen LogP contribution in [0.1, 0.15) is 46.5 Å². The second-order valence-corrected chi connectivity index (χ2v) is 7.42. The summed E-state index contributed by atoms with van der Waals surface area (Å²) in [4.78, 5) is 14.4. The first-order valence-corrected chi connectivity index (χ1v) is 7.34. The molecular weight excluding hydrogens is 224 g/mol. The Morgan fingerprint density at radius 2 is 1.89 bits per heavy atom. The number of hydrogen-bond donors (Lipinski definition) is 1. The number of rotatable bonds is 3. The molecule has 1 aliphatic heterocycles. The average molecular weight is 252 g/mol. The SMILES string of the molecule is CN1CC(CC2CC2)CC(NC(=O)C(C)(C)C)C1. The van der Waals surface area contributed by atoms with Crippen LogP contribution in [0.5, 0.6) is 0 Å². The Bertz CT molecular complexity index is 302. The Labute approximate surface area is 111 Å². The van der Waals surface area contributed by atoms with E-state index in [0.29, 0.717) is 6.04 Å². The lowest BCUT2D eigenvalue weighted by Gasteiger charge is -2.37. The van der Waals surface area contributed by atoms with E-state index in [4.69, 9.17) is 0 Å². The molecule has 3 heteroatoms. The Morgan fingerprint density at radius 3 is 2.44 bits per heavy atom. The van der Waals surface area contributed by atoms with Gasteiger partial charge < -0.3 is 10.2 Å². The summed E-state index contributed by atoms with van der Waals surface area (Å²) in [5.41, 5.74) is -0.276. The molecule has 1 amide bonds. The van der Waals surface area contributed by atoms with Gasteiger partial charge in [0.05, 0.1) is 0 Å².